The van der Waals surface area contributed by atoms with Gasteiger partial charge in [-0.2, -0.15) is 0 Å². The van der Waals surface area contributed by atoms with Gasteiger partial charge in [-0.05, 0) is 12.8 Å². The molecule has 0 aliphatic heterocycles. The van der Waals surface area contributed by atoms with Gasteiger partial charge in [0.15, 0.2) is 7.14 Å². The Kier molecular flexibility index (Phi) is 5.58. The molecule has 0 fully saturated rings. The Bertz CT molecular complexity index is 715. The van der Waals surface area contributed by atoms with Crippen molar-refractivity contribution in [1.29, 1.82) is 0 Å². The minimum absolute atomic E-state index is 0.218. The van der Waals surface area contributed by atoms with E-state index >= 15 is 0 Å². The van der Waals surface area contributed by atoms with E-state index in [0.717, 1.165) is 0 Å². The molecule has 0 saturated carbocycles. The molecule has 0 saturated heterocycles. The van der Waals surface area contributed by atoms with Crippen molar-refractivity contribution in [3.05, 3.63) is 86.0 Å². The van der Waals surface area contributed by atoms with Crippen molar-refractivity contribution < 1.29 is 9.36 Å². The van der Waals surface area contributed by atoms with Crippen LogP contribution in [0.1, 0.15) is 12.8 Å². The molecule has 2 aromatic carbocycles. The summed E-state index contributed by atoms with van der Waals surface area (Å²) in [5.74, 6) is -0.599. The topological polar surface area (TPSA) is 60.2 Å². The summed E-state index contributed by atoms with van der Waals surface area (Å²) in [5.41, 5.74) is 5.80. The quantitative estimate of drug-likeness (QED) is 0.592. The monoisotopic (exact) mass is 339 g/mol. The van der Waals surface area contributed by atoms with Gasteiger partial charge >= 0.3 is 0 Å². The van der Waals surface area contributed by atoms with Crippen LogP contribution >= 0.6 is 7.14 Å². The van der Waals surface area contributed by atoms with Gasteiger partial charge in [0.1, 0.15) is 5.16 Å². The second-order valence-electron chi connectivity index (χ2n) is 5.66. The van der Waals surface area contributed by atoms with E-state index in [4.69, 9.17) is 5.73 Å². The summed E-state index contributed by atoms with van der Waals surface area (Å²) in [6, 6.07) is 18.1. The molecule has 3 nitrogen and oxygen atoms in total. The fourth-order valence-electron chi connectivity index (χ4n) is 3.09. The lowest BCUT2D eigenvalue weighted by atomic mass is 9.99. The number of rotatable bonds is 8. The Morgan fingerprint density at radius 3 is 1.58 bits per heavy atom. The van der Waals surface area contributed by atoms with E-state index in [2.05, 4.69) is 13.2 Å². The van der Waals surface area contributed by atoms with E-state index < -0.39 is 18.2 Å². The lowest BCUT2D eigenvalue weighted by Gasteiger charge is -2.37. The van der Waals surface area contributed by atoms with E-state index in [1.165, 1.54) is 0 Å². The molecule has 0 aliphatic carbocycles. The molecule has 2 aromatic rings. The maximum Gasteiger partial charge on any atom is 0.232 e. The number of amides is 1. The van der Waals surface area contributed by atoms with E-state index in [0.29, 0.717) is 10.6 Å². The molecule has 4 heteroatoms. The molecular formula is C20H22NO2P. The van der Waals surface area contributed by atoms with Gasteiger partial charge < -0.3 is 10.3 Å². The summed E-state index contributed by atoms with van der Waals surface area (Å²) in [6.45, 7) is 7.50. The van der Waals surface area contributed by atoms with Crippen molar-refractivity contribution in [2.24, 2.45) is 5.73 Å². The third-order valence-corrected chi connectivity index (χ3v) is 8.11. The average molecular weight is 339 g/mol. The van der Waals surface area contributed by atoms with Crippen LogP contribution in [-0.4, -0.2) is 11.1 Å². The van der Waals surface area contributed by atoms with Crippen LogP contribution in [0, 0.1) is 0 Å². The zero-order valence-electron chi connectivity index (χ0n) is 13.6. The number of hydrogen-bond acceptors (Lipinski definition) is 2. The van der Waals surface area contributed by atoms with Crippen molar-refractivity contribution in [3.63, 3.8) is 0 Å². The van der Waals surface area contributed by atoms with Crippen LogP contribution in [0.4, 0.5) is 0 Å². The Morgan fingerprint density at radius 1 is 0.917 bits per heavy atom. The molecular weight excluding hydrogens is 317 g/mol. The van der Waals surface area contributed by atoms with Crippen LogP contribution in [0.3, 0.4) is 0 Å². The molecule has 0 unspecified atom stereocenters. The fraction of sp³-hybridized carbons (Fsp3) is 0.150. The van der Waals surface area contributed by atoms with Crippen LogP contribution < -0.4 is 16.3 Å². The van der Waals surface area contributed by atoms with Crippen LogP contribution in [0.2, 0.25) is 0 Å². The molecule has 0 aromatic heterocycles. The Labute approximate surface area is 143 Å². The Morgan fingerprint density at radius 2 is 1.29 bits per heavy atom. The minimum Gasteiger partial charge on any atom is -0.369 e. The first-order chi connectivity index (χ1) is 11.5. The number of benzene rings is 2. The van der Waals surface area contributed by atoms with Crippen molar-refractivity contribution >= 4 is 23.7 Å². The highest BCUT2D eigenvalue weighted by Crippen LogP contribution is 2.59. The SMILES string of the molecule is C=CCC(CC=C)(C(N)=O)P(=O)(c1ccccc1)c1ccccc1. The van der Waals surface area contributed by atoms with E-state index in [9.17, 15) is 9.36 Å². The minimum atomic E-state index is -3.37. The van der Waals surface area contributed by atoms with Gasteiger partial charge in [0.05, 0.1) is 0 Å². The zero-order chi connectivity index (χ0) is 17.6. The number of allylic oxidation sites excluding steroid dienone is 2. The predicted octanol–water partition coefficient (Wildman–Crippen LogP) is 3.38. The summed E-state index contributed by atoms with van der Waals surface area (Å²) in [7, 11) is -3.37. The number of carbonyl (C=O) groups is 1. The normalized spacial score (nSPS) is 11.7. The van der Waals surface area contributed by atoms with Crippen molar-refractivity contribution in [3.8, 4) is 0 Å². The van der Waals surface area contributed by atoms with E-state index in [1.807, 2.05) is 36.4 Å². The second kappa shape index (κ2) is 7.46. The predicted molar refractivity (Wildman–Crippen MR) is 101 cm³/mol. The van der Waals surface area contributed by atoms with Crippen molar-refractivity contribution in [2.75, 3.05) is 0 Å². The maximum atomic E-state index is 14.5. The maximum absolute atomic E-state index is 14.5. The molecule has 0 radical (unpaired) electrons. The smallest absolute Gasteiger partial charge is 0.232 e. The molecule has 0 spiro atoms. The Hall–Kier alpha value is -2.38. The molecule has 2 rings (SSSR count). The first-order valence-electron chi connectivity index (χ1n) is 7.76. The van der Waals surface area contributed by atoms with E-state index in [-0.39, 0.29) is 12.8 Å². The van der Waals surface area contributed by atoms with Crippen LogP contribution in [-0.2, 0) is 9.36 Å². The van der Waals surface area contributed by atoms with Crippen LogP contribution in [0.5, 0.6) is 0 Å². The largest absolute Gasteiger partial charge is 0.369 e. The molecule has 0 atom stereocenters. The third kappa shape index (κ3) is 2.88. The molecule has 0 aliphatic rings. The van der Waals surface area contributed by atoms with Crippen molar-refractivity contribution in [2.45, 2.75) is 18.0 Å². The summed E-state index contributed by atoms with van der Waals surface area (Å²) in [5, 5.41) is -0.0587. The highest BCUT2D eigenvalue weighted by Gasteiger charge is 2.52. The Balaban J connectivity index is 2.87. The number of carbonyl (C=O) groups excluding carboxylic acids is 1. The van der Waals surface area contributed by atoms with Gasteiger partial charge in [0.25, 0.3) is 0 Å². The van der Waals surface area contributed by atoms with Gasteiger partial charge in [-0.15, -0.1) is 13.2 Å². The molecule has 124 valence electrons. The number of primary amides is 1. The molecule has 24 heavy (non-hydrogen) atoms. The number of hydrogen-bond donors (Lipinski definition) is 1. The zero-order valence-corrected chi connectivity index (χ0v) is 14.5. The lowest BCUT2D eigenvalue weighted by molar-refractivity contribution is -0.120. The first kappa shape index (κ1) is 18.0. The molecule has 0 bridgehead atoms. The van der Waals surface area contributed by atoms with Crippen LogP contribution in [0.15, 0.2) is 86.0 Å². The first-order valence-corrected chi connectivity index (χ1v) is 9.46. The molecule has 2 N–H and O–H groups in total. The third-order valence-electron chi connectivity index (χ3n) is 4.27. The van der Waals surface area contributed by atoms with E-state index in [1.54, 1.807) is 36.4 Å². The molecule has 0 heterocycles. The highest BCUT2D eigenvalue weighted by atomic mass is 31.2. The standard InChI is InChI=1S/C20H22NO2P/c1-3-15-20(16-4-2,19(21)22)24(23,17-11-7-5-8-12-17)18-13-9-6-10-14-18/h3-14H,1-2,15-16H2,(H2,21,22). The van der Waals surface area contributed by atoms with Gasteiger partial charge in [0.2, 0.25) is 5.91 Å². The highest BCUT2D eigenvalue weighted by molar-refractivity contribution is 7.81. The lowest BCUT2D eigenvalue weighted by Crippen LogP contribution is -2.48. The summed E-state index contributed by atoms with van der Waals surface area (Å²) in [6.07, 6.45) is 3.64. The summed E-state index contributed by atoms with van der Waals surface area (Å²) < 4.78 is 14.5. The van der Waals surface area contributed by atoms with Crippen LogP contribution in [0.25, 0.3) is 0 Å². The van der Waals surface area contributed by atoms with Gasteiger partial charge in [-0.25, -0.2) is 0 Å². The molecule has 1 amide bonds. The average Bonchev–Trinajstić information content (AvgIpc) is 2.62. The van der Waals surface area contributed by atoms with Gasteiger partial charge in [0, 0.05) is 10.6 Å². The summed E-state index contributed by atoms with van der Waals surface area (Å²) >= 11 is 0. The van der Waals surface area contributed by atoms with Gasteiger partial charge in [-0.3, -0.25) is 4.79 Å². The second-order valence-corrected chi connectivity index (χ2v) is 8.77. The van der Waals surface area contributed by atoms with Gasteiger partial charge in [-0.1, -0.05) is 72.8 Å². The summed E-state index contributed by atoms with van der Waals surface area (Å²) in [4.78, 5) is 12.5. The van der Waals surface area contributed by atoms with Crippen molar-refractivity contribution in [1.82, 2.24) is 0 Å². The fourth-order valence-corrected chi connectivity index (χ4v) is 6.65. The number of nitrogens with two attached hydrogens (primary N) is 1.